The van der Waals surface area contributed by atoms with Gasteiger partial charge in [0.2, 0.25) is 0 Å². The summed E-state index contributed by atoms with van der Waals surface area (Å²) in [5.41, 5.74) is -0.766. The molecule has 0 saturated carbocycles. The van der Waals surface area contributed by atoms with E-state index in [2.05, 4.69) is 4.98 Å². The van der Waals surface area contributed by atoms with E-state index in [4.69, 9.17) is 24.1 Å². The molecule has 1 unspecified atom stereocenters. The van der Waals surface area contributed by atoms with Gasteiger partial charge in [0.15, 0.2) is 34.6 Å². The zero-order chi connectivity index (χ0) is 33.1. The molecule has 1 atom stereocenters. The van der Waals surface area contributed by atoms with Crippen LogP contribution in [0.5, 0.6) is 23.1 Å². The van der Waals surface area contributed by atoms with E-state index in [0.29, 0.717) is 32.0 Å². The standard InChI is InChI=1S/C31H32FNO10S2/c1-15(29(36)37)9-18(34)25-11-17-23(45-25)13-21(41-5)28(33-17)43-8-6-7-42-27-20(40-4)12-22-16(26(27)32)10-24(44-22)19(35)14-31(2,3)30(38)39/h10-13,15H,6-9,14H2,1-5H3,(H,36,37)(H,38,39). The van der Waals surface area contributed by atoms with Crippen molar-refractivity contribution in [2.75, 3.05) is 27.4 Å². The van der Waals surface area contributed by atoms with Gasteiger partial charge < -0.3 is 29.2 Å². The van der Waals surface area contributed by atoms with Crippen molar-refractivity contribution in [3.63, 3.8) is 0 Å². The fourth-order valence-electron chi connectivity index (χ4n) is 4.27. The molecule has 0 amide bonds. The van der Waals surface area contributed by atoms with Crippen molar-refractivity contribution in [2.24, 2.45) is 11.3 Å². The van der Waals surface area contributed by atoms with Crippen molar-refractivity contribution in [1.82, 2.24) is 4.98 Å². The van der Waals surface area contributed by atoms with E-state index in [-0.39, 0.29) is 59.5 Å². The second-order valence-corrected chi connectivity index (χ2v) is 13.1. The van der Waals surface area contributed by atoms with E-state index < -0.39 is 34.9 Å². The molecule has 0 fully saturated rings. The summed E-state index contributed by atoms with van der Waals surface area (Å²) in [6.07, 6.45) is -0.0407. The molecular weight excluding hydrogens is 629 g/mol. The number of fused-ring (bicyclic) bond motifs is 2. The Morgan fingerprint density at radius 3 is 2.18 bits per heavy atom. The lowest BCUT2D eigenvalue weighted by molar-refractivity contribution is -0.146. The normalized spacial score (nSPS) is 12.2. The predicted molar refractivity (Wildman–Crippen MR) is 166 cm³/mol. The second-order valence-electron chi connectivity index (χ2n) is 10.9. The maximum absolute atomic E-state index is 15.5. The number of aromatic nitrogens is 1. The molecule has 3 aromatic heterocycles. The number of carboxylic acids is 2. The fraction of sp³-hybridized carbons (Fsp3) is 0.387. The van der Waals surface area contributed by atoms with Gasteiger partial charge in [-0.25, -0.2) is 9.37 Å². The number of aliphatic carboxylic acids is 2. The average molecular weight is 662 g/mol. The third-order valence-electron chi connectivity index (χ3n) is 6.98. The Labute approximate surface area is 265 Å². The monoisotopic (exact) mass is 661 g/mol. The second kappa shape index (κ2) is 13.8. The first-order valence-corrected chi connectivity index (χ1v) is 15.5. The van der Waals surface area contributed by atoms with Crippen LogP contribution >= 0.6 is 22.7 Å². The molecule has 4 rings (SSSR count). The molecule has 0 aliphatic rings. The lowest BCUT2D eigenvalue weighted by Gasteiger charge is -2.16. The van der Waals surface area contributed by atoms with Gasteiger partial charge in [-0.1, -0.05) is 6.92 Å². The summed E-state index contributed by atoms with van der Waals surface area (Å²) in [6.45, 7) is 4.56. The third kappa shape index (κ3) is 7.51. The van der Waals surface area contributed by atoms with Crippen LogP contribution in [-0.4, -0.2) is 66.1 Å². The SMILES string of the molecule is COc1cc2sc(C(=O)CC(C)C(=O)O)cc2nc1OCCCOc1c(OC)cc2sc(C(=O)CC(C)(C)C(=O)O)cc2c1F. The molecule has 45 heavy (non-hydrogen) atoms. The Balaban J connectivity index is 1.42. The van der Waals surface area contributed by atoms with E-state index >= 15 is 4.39 Å². The highest BCUT2D eigenvalue weighted by Crippen LogP contribution is 2.41. The number of ether oxygens (including phenoxy) is 4. The van der Waals surface area contributed by atoms with E-state index in [9.17, 15) is 24.3 Å². The Hall–Kier alpha value is -4.30. The Morgan fingerprint density at radius 1 is 0.911 bits per heavy atom. The van der Waals surface area contributed by atoms with Crippen LogP contribution in [0.4, 0.5) is 4.39 Å². The zero-order valence-electron chi connectivity index (χ0n) is 25.2. The number of methoxy groups -OCH3 is 2. The van der Waals surface area contributed by atoms with E-state index in [1.54, 1.807) is 18.2 Å². The zero-order valence-corrected chi connectivity index (χ0v) is 26.9. The molecular formula is C31H32FNO10S2. The minimum atomic E-state index is -1.26. The summed E-state index contributed by atoms with van der Waals surface area (Å²) in [6, 6.07) is 6.25. The first kappa shape index (κ1) is 33.6. The van der Waals surface area contributed by atoms with Gasteiger partial charge in [-0.3, -0.25) is 19.2 Å². The summed E-state index contributed by atoms with van der Waals surface area (Å²) in [4.78, 5) is 52.9. The Morgan fingerprint density at radius 2 is 1.53 bits per heavy atom. The van der Waals surface area contributed by atoms with Gasteiger partial charge in [0.25, 0.3) is 5.88 Å². The molecule has 1 aromatic carbocycles. The van der Waals surface area contributed by atoms with Gasteiger partial charge in [-0.05, 0) is 26.0 Å². The number of halogens is 1. The summed E-state index contributed by atoms with van der Waals surface area (Å²) in [7, 11) is 2.82. The Bertz CT molecular complexity index is 1780. The lowest BCUT2D eigenvalue weighted by atomic mass is 9.87. The van der Waals surface area contributed by atoms with Crippen molar-refractivity contribution in [2.45, 2.75) is 40.0 Å². The average Bonchev–Trinajstić information content (AvgIpc) is 3.61. The van der Waals surface area contributed by atoms with Gasteiger partial charge in [0.05, 0.1) is 58.7 Å². The summed E-state index contributed by atoms with van der Waals surface area (Å²) in [5.74, 6) is -3.80. The maximum atomic E-state index is 15.5. The summed E-state index contributed by atoms with van der Waals surface area (Å²) in [5, 5.41) is 18.6. The van der Waals surface area contributed by atoms with Crippen LogP contribution in [0.3, 0.4) is 0 Å². The van der Waals surface area contributed by atoms with Crippen LogP contribution < -0.4 is 18.9 Å². The first-order valence-electron chi connectivity index (χ1n) is 13.8. The fourth-order valence-corrected chi connectivity index (χ4v) is 6.28. The molecule has 0 aliphatic heterocycles. The molecule has 3 heterocycles. The van der Waals surface area contributed by atoms with E-state index in [1.165, 1.54) is 52.4 Å². The lowest BCUT2D eigenvalue weighted by Crippen LogP contribution is -2.26. The van der Waals surface area contributed by atoms with Gasteiger partial charge in [-0.2, -0.15) is 0 Å². The number of ketones is 2. The summed E-state index contributed by atoms with van der Waals surface area (Å²) < 4.78 is 38.9. The molecule has 0 aliphatic carbocycles. The van der Waals surface area contributed by atoms with Gasteiger partial charge in [-0.15, -0.1) is 22.7 Å². The molecule has 0 bridgehead atoms. The van der Waals surface area contributed by atoms with Crippen LogP contribution in [0.1, 0.15) is 59.4 Å². The predicted octanol–water partition coefficient (Wildman–Crippen LogP) is 6.49. The minimum absolute atomic E-state index is 0.0466. The number of carbonyl (C=O) groups is 4. The molecule has 4 aromatic rings. The minimum Gasteiger partial charge on any atom is -0.493 e. The molecule has 0 saturated heterocycles. The van der Waals surface area contributed by atoms with Crippen LogP contribution in [0, 0.1) is 17.2 Å². The number of nitrogens with zero attached hydrogens (tertiary/aromatic N) is 1. The number of rotatable bonds is 16. The maximum Gasteiger partial charge on any atom is 0.309 e. The topological polar surface area (TPSA) is 159 Å². The van der Waals surface area contributed by atoms with Crippen molar-refractivity contribution in [3.05, 3.63) is 39.8 Å². The number of hydrogen-bond acceptors (Lipinski definition) is 11. The van der Waals surface area contributed by atoms with E-state index in [0.717, 1.165) is 11.3 Å². The highest BCUT2D eigenvalue weighted by molar-refractivity contribution is 7.21. The molecule has 2 N–H and O–H groups in total. The number of carbonyl (C=O) groups excluding carboxylic acids is 2. The largest absolute Gasteiger partial charge is 0.493 e. The van der Waals surface area contributed by atoms with E-state index in [1.807, 2.05) is 0 Å². The van der Waals surface area contributed by atoms with Gasteiger partial charge in [0.1, 0.15) is 0 Å². The number of thiophene rings is 2. The van der Waals surface area contributed by atoms with Crippen molar-refractivity contribution in [1.29, 1.82) is 0 Å². The van der Waals surface area contributed by atoms with Crippen molar-refractivity contribution < 1.29 is 52.7 Å². The summed E-state index contributed by atoms with van der Waals surface area (Å²) >= 11 is 2.24. The van der Waals surface area contributed by atoms with Crippen molar-refractivity contribution >= 4 is 66.5 Å². The van der Waals surface area contributed by atoms with Crippen LogP contribution in [0.2, 0.25) is 0 Å². The van der Waals surface area contributed by atoms with Crippen LogP contribution in [0.15, 0.2) is 24.3 Å². The Kier molecular flexibility index (Phi) is 10.3. The van der Waals surface area contributed by atoms with Crippen LogP contribution in [-0.2, 0) is 9.59 Å². The molecule has 0 spiro atoms. The molecule has 240 valence electrons. The van der Waals surface area contributed by atoms with Gasteiger partial charge in [0, 0.05) is 41.5 Å². The molecule has 11 nitrogen and oxygen atoms in total. The highest BCUT2D eigenvalue weighted by atomic mass is 32.1. The number of benzene rings is 1. The number of hydrogen-bond donors (Lipinski definition) is 2. The smallest absolute Gasteiger partial charge is 0.309 e. The number of Topliss-reactive ketones (excluding diaryl/α,β-unsaturated/α-hetero) is 2. The van der Waals surface area contributed by atoms with Crippen molar-refractivity contribution in [3.8, 4) is 23.1 Å². The number of carboxylic acid groups (broad SMARTS) is 2. The van der Waals surface area contributed by atoms with Crippen LogP contribution in [0.25, 0.3) is 20.3 Å². The quantitative estimate of drug-likeness (QED) is 0.0998. The first-order chi connectivity index (χ1) is 21.2. The number of pyridine rings is 1. The van der Waals surface area contributed by atoms with Gasteiger partial charge >= 0.3 is 11.9 Å². The molecule has 0 radical (unpaired) electrons. The third-order valence-corrected chi connectivity index (χ3v) is 9.21. The highest BCUT2D eigenvalue weighted by Gasteiger charge is 2.31. The molecule has 14 heteroatoms.